The van der Waals surface area contributed by atoms with Crippen LogP contribution in [-0.4, -0.2) is 5.97 Å². The predicted molar refractivity (Wildman–Crippen MR) is 72.3 cm³/mol. The van der Waals surface area contributed by atoms with Gasteiger partial charge < -0.3 is 9.47 Å². The lowest BCUT2D eigenvalue weighted by Gasteiger charge is -2.09. The van der Waals surface area contributed by atoms with E-state index in [0.29, 0.717) is 18.1 Å². The molecule has 0 radical (unpaired) electrons. The third-order valence-electron chi connectivity index (χ3n) is 3.45. The topological polar surface area (TPSA) is 39.4 Å². The minimum atomic E-state index is -0.332. The van der Waals surface area contributed by atoms with E-state index < -0.39 is 0 Å². The molecule has 0 saturated heterocycles. The summed E-state index contributed by atoms with van der Waals surface area (Å²) in [5.41, 5.74) is 3.98. The lowest BCUT2D eigenvalue weighted by molar-refractivity contribution is -0.714. The number of rotatable bonds is 3. The van der Waals surface area contributed by atoms with Crippen molar-refractivity contribution in [1.82, 2.24) is 0 Å². The lowest BCUT2D eigenvalue weighted by Crippen LogP contribution is -2.33. The SMILES string of the molecule is Cc1ccc(C)c(COc2ccc[n+]3c2C(=O)OC3)c1. The zero-order valence-electron chi connectivity index (χ0n) is 11.6. The van der Waals surface area contributed by atoms with Gasteiger partial charge in [-0.2, -0.15) is 4.57 Å². The summed E-state index contributed by atoms with van der Waals surface area (Å²) in [4.78, 5) is 11.7. The molecule has 102 valence electrons. The van der Waals surface area contributed by atoms with Gasteiger partial charge in [-0.25, -0.2) is 4.79 Å². The van der Waals surface area contributed by atoms with E-state index in [2.05, 4.69) is 32.0 Å². The third kappa shape index (κ3) is 2.25. The van der Waals surface area contributed by atoms with E-state index in [-0.39, 0.29) is 12.7 Å². The smallest absolute Gasteiger partial charge is 0.412 e. The van der Waals surface area contributed by atoms with Crippen LogP contribution >= 0.6 is 0 Å². The van der Waals surface area contributed by atoms with Crippen LogP contribution in [0.5, 0.6) is 5.75 Å². The highest BCUT2D eigenvalue weighted by molar-refractivity contribution is 5.89. The Kier molecular flexibility index (Phi) is 3.14. The quantitative estimate of drug-likeness (QED) is 0.634. The van der Waals surface area contributed by atoms with Gasteiger partial charge in [0.2, 0.25) is 0 Å². The highest BCUT2D eigenvalue weighted by Gasteiger charge is 2.33. The van der Waals surface area contributed by atoms with Crippen molar-refractivity contribution in [1.29, 1.82) is 0 Å². The Bertz CT molecular complexity index is 679. The monoisotopic (exact) mass is 270 g/mol. The van der Waals surface area contributed by atoms with Gasteiger partial charge in [0.05, 0.1) is 0 Å². The Morgan fingerprint density at radius 2 is 2.15 bits per heavy atom. The zero-order chi connectivity index (χ0) is 14.1. The molecule has 0 amide bonds. The number of nitrogens with zero attached hydrogens (tertiary/aromatic N) is 1. The summed E-state index contributed by atoms with van der Waals surface area (Å²) in [5.74, 6) is 0.234. The molecule has 20 heavy (non-hydrogen) atoms. The molecule has 0 N–H and O–H groups in total. The van der Waals surface area contributed by atoms with Crippen LogP contribution in [0, 0.1) is 13.8 Å². The van der Waals surface area contributed by atoms with Crippen molar-refractivity contribution in [2.45, 2.75) is 27.2 Å². The number of benzene rings is 1. The van der Waals surface area contributed by atoms with E-state index in [1.165, 1.54) is 11.1 Å². The van der Waals surface area contributed by atoms with Crippen molar-refractivity contribution >= 4 is 5.97 Å². The van der Waals surface area contributed by atoms with Crippen LogP contribution < -0.4 is 9.30 Å². The molecule has 0 aliphatic carbocycles. The van der Waals surface area contributed by atoms with E-state index in [0.717, 1.165) is 5.56 Å². The summed E-state index contributed by atoms with van der Waals surface area (Å²) in [5, 5.41) is 0. The number of fused-ring (bicyclic) bond motifs is 1. The van der Waals surface area contributed by atoms with Gasteiger partial charge in [-0.05, 0) is 31.0 Å². The summed E-state index contributed by atoms with van der Waals surface area (Å²) in [6.07, 6.45) is 1.81. The van der Waals surface area contributed by atoms with Crippen LogP contribution in [0.25, 0.3) is 0 Å². The van der Waals surface area contributed by atoms with Gasteiger partial charge in [-0.1, -0.05) is 23.8 Å². The van der Waals surface area contributed by atoms with E-state index in [4.69, 9.17) is 9.47 Å². The number of carbonyl (C=O) groups is 1. The molecule has 0 atom stereocenters. The number of carbonyl (C=O) groups excluding carboxylic acids is 1. The van der Waals surface area contributed by atoms with Crippen molar-refractivity contribution in [2.24, 2.45) is 0 Å². The first-order valence-electron chi connectivity index (χ1n) is 6.53. The molecule has 1 aliphatic heterocycles. The van der Waals surface area contributed by atoms with E-state index in [1.807, 2.05) is 12.3 Å². The molecule has 2 heterocycles. The van der Waals surface area contributed by atoms with Gasteiger partial charge >= 0.3 is 11.7 Å². The second-order valence-electron chi connectivity index (χ2n) is 4.97. The summed E-state index contributed by atoms with van der Waals surface area (Å²) >= 11 is 0. The first kappa shape index (κ1) is 12.7. The fourth-order valence-electron chi connectivity index (χ4n) is 2.28. The second-order valence-corrected chi connectivity index (χ2v) is 4.97. The molecule has 2 aromatic rings. The van der Waals surface area contributed by atoms with E-state index in [9.17, 15) is 4.79 Å². The number of hydrogen-bond acceptors (Lipinski definition) is 3. The number of aryl methyl sites for hydroxylation is 2. The van der Waals surface area contributed by atoms with Gasteiger partial charge in [0, 0.05) is 6.07 Å². The first-order valence-corrected chi connectivity index (χ1v) is 6.53. The standard InChI is InChI=1S/C16H16NO3/c1-11-5-6-12(2)13(8-11)9-19-14-4-3-7-17-10-20-16(18)15(14)17/h3-8H,9-10H2,1-2H3/q+1. The van der Waals surface area contributed by atoms with Gasteiger partial charge in [-0.3, -0.25) is 0 Å². The van der Waals surface area contributed by atoms with Crippen molar-refractivity contribution in [3.8, 4) is 5.75 Å². The van der Waals surface area contributed by atoms with Gasteiger partial charge in [0.25, 0.3) is 6.73 Å². The molecule has 0 fully saturated rings. The Labute approximate surface area is 117 Å². The number of cyclic esters (lactones) is 1. The normalized spacial score (nSPS) is 13.0. The minimum Gasteiger partial charge on any atom is -0.482 e. The molecule has 0 unspecified atom stereocenters. The Balaban J connectivity index is 1.85. The number of hydrogen-bond donors (Lipinski definition) is 0. The largest absolute Gasteiger partial charge is 0.482 e. The fourth-order valence-corrected chi connectivity index (χ4v) is 2.28. The Morgan fingerprint density at radius 1 is 1.30 bits per heavy atom. The molecule has 0 saturated carbocycles. The molecule has 0 bridgehead atoms. The average Bonchev–Trinajstić information content (AvgIpc) is 2.82. The third-order valence-corrected chi connectivity index (χ3v) is 3.45. The summed E-state index contributed by atoms with van der Waals surface area (Å²) < 4.78 is 12.6. The van der Waals surface area contributed by atoms with Crippen LogP contribution in [0.1, 0.15) is 27.2 Å². The van der Waals surface area contributed by atoms with Gasteiger partial charge in [-0.15, -0.1) is 0 Å². The van der Waals surface area contributed by atoms with E-state index in [1.54, 1.807) is 10.6 Å². The van der Waals surface area contributed by atoms with Crippen molar-refractivity contribution in [2.75, 3.05) is 0 Å². The molecule has 4 nitrogen and oxygen atoms in total. The molecule has 0 spiro atoms. The molecule has 4 heteroatoms. The predicted octanol–water partition coefficient (Wildman–Crippen LogP) is 2.30. The lowest BCUT2D eigenvalue weighted by atomic mass is 10.1. The summed E-state index contributed by atoms with van der Waals surface area (Å²) in [6.45, 7) is 4.81. The van der Waals surface area contributed by atoms with Crippen LogP contribution in [0.3, 0.4) is 0 Å². The number of esters is 1. The maximum Gasteiger partial charge on any atom is 0.412 e. The number of ether oxygens (including phenoxy) is 2. The zero-order valence-corrected chi connectivity index (χ0v) is 11.6. The second kappa shape index (κ2) is 4.96. The average molecular weight is 270 g/mol. The van der Waals surface area contributed by atoms with Crippen LogP contribution in [0.15, 0.2) is 36.5 Å². The van der Waals surface area contributed by atoms with Crippen molar-refractivity contribution in [3.05, 3.63) is 58.9 Å². The maximum atomic E-state index is 11.7. The number of pyridine rings is 1. The Morgan fingerprint density at radius 3 is 3.00 bits per heavy atom. The van der Waals surface area contributed by atoms with Crippen LogP contribution in [0.4, 0.5) is 0 Å². The number of aromatic nitrogens is 1. The highest BCUT2D eigenvalue weighted by Crippen LogP contribution is 2.21. The fraction of sp³-hybridized carbons (Fsp3) is 0.250. The summed E-state index contributed by atoms with van der Waals surface area (Å²) in [6, 6.07) is 9.90. The minimum absolute atomic E-state index is 0.259. The molecule has 3 rings (SSSR count). The highest BCUT2D eigenvalue weighted by atomic mass is 16.6. The first-order chi connectivity index (χ1) is 9.65. The van der Waals surface area contributed by atoms with Crippen molar-refractivity contribution in [3.63, 3.8) is 0 Å². The van der Waals surface area contributed by atoms with Crippen LogP contribution in [-0.2, 0) is 18.1 Å². The maximum absolute atomic E-state index is 11.7. The summed E-state index contributed by atoms with van der Waals surface area (Å²) in [7, 11) is 0. The molecule has 1 aromatic heterocycles. The molecular formula is C16H16NO3+. The van der Waals surface area contributed by atoms with Crippen LogP contribution in [0.2, 0.25) is 0 Å². The van der Waals surface area contributed by atoms with Crippen molar-refractivity contribution < 1.29 is 18.8 Å². The molecule has 1 aromatic carbocycles. The van der Waals surface area contributed by atoms with E-state index >= 15 is 0 Å². The van der Waals surface area contributed by atoms with Gasteiger partial charge in [0.1, 0.15) is 6.61 Å². The molecule has 1 aliphatic rings. The molecular weight excluding hydrogens is 254 g/mol. The Hall–Kier alpha value is -2.36. The van der Waals surface area contributed by atoms with Gasteiger partial charge in [0.15, 0.2) is 11.9 Å².